The summed E-state index contributed by atoms with van der Waals surface area (Å²) in [5.74, 6) is 0.227. The number of hydrogen-bond donors (Lipinski definition) is 0. The van der Waals surface area contributed by atoms with Crippen LogP contribution in [-0.4, -0.2) is 26.7 Å². The van der Waals surface area contributed by atoms with E-state index in [4.69, 9.17) is 4.74 Å². The standard InChI is InChI=1S/C25H33NO3S/c1-18(2)29-23-22(21-16-17-25(23,5)24(21,3)4)26(19-12-8-6-9-13-19)30(27,28)20-14-10-7-11-15-20/h6-15,18,21-23H,16-17H2,1-5H3. The highest BCUT2D eigenvalue weighted by atomic mass is 32.2. The number of nitrogens with zero attached hydrogens (tertiary/aromatic N) is 1. The van der Waals surface area contributed by atoms with Gasteiger partial charge in [-0.3, -0.25) is 4.31 Å². The Hall–Kier alpha value is -1.85. The number of hydrogen-bond acceptors (Lipinski definition) is 3. The topological polar surface area (TPSA) is 46.6 Å². The van der Waals surface area contributed by atoms with Crippen molar-refractivity contribution < 1.29 is 13.2 Å². The van der Waals surface area contributed by atoms with Crippen molar-refractivity contribution in [2.45, 2.75) is 70.6 Å². The van der Waals surface area contributed by atoms with Crippen molar-refractivity contribution in [2.24, 2.45) is 16.7 Å². The molecular formula is C25H33NO3S. The fourth-order valence-electron chi connectivity index (χ4n) is 5.82. The van der Waals surface area contributed by atoms with E-state index in [0.29, 0.717) is 10.6 Å². The van der Waals surface area contributed by atoms with Crippen molar-refractivity contribution in [3.63, 3.8) is 0 Å². The molecule has 2 aromatic rings. The minimum Gasteiger partial charge on any atom is -0.373 e. The van der Waals surface area contributed by atoms with E-state index >= 15 is 0 Å². The van der Waals surface area contributed by atoms with Crippen molar-refractivity contribution >= 4 is 15.7 Å². The zero-order chi connectivity index (χ0) is 21.7. The summed E-state index contributed by atoms with van der Waals surface area (Å²) in [6.07, 6.45) is 1.94. The van der Waals surface area contributed by atoms with E-state index in [0.717, 1.165) is 12.8 Å². The molecule has 2 aliphatic rings. The largest absolute Gasteiger partial charge is 0.373 e. The molecule has 4 rings (SSSR count). The molecule has 0 N–H and O–H groups in total. The minimum atomic E-state index is -3.75. The Morgan fingerprint density at radius 3 is 2.10 bits per heavy atom. The number of rotatable bonds is 6. The van der Waals surface area contributed by atoms with Crippen molar-refractivity contribution in [1.29, 1.82) is 0 Å². The highest BCUT2D eigenvalue weighted by molar-refractivity contribution is 7.92. The first-order valence-corrected chi connectivity index (χ1v) is 12.3. The summed E-state index contributed by atoms with van der Waals surface area (Å²) in [5, 5.41) is 0. The van der Waals surface area contributed by atoms with Crippen LogP contribution < -0.4 is 4.31 Å². The fraction of sp³-hybridized carbons (Fsp3) is 0.520. The van der Waals surface area contributed by atoms with E-state index in [9.17, 15) is 8.42 Å². The van der Waals surface area contributed by atoms with Crippen LogP contribution in [0, 0.1) is 16.7 Å². The normalized spacial score (nSPS) is 30.0. The molecule has 0 amide bonds. The van der Waals surface area contributed by atoms with Crippen LogP contribution in [0.5, 0.6) is 0 Å². The van der Waals surface area contributed by atoms with Gasteiger partial charge >= 0.3 is 0 Å². The Morgan fingerprint density at radius 2 is 1.53 bits per heavy atom. The molecule has 4 nitrogen and oxygen atoms in total. The van der Waals surface area contributed by atoms with Gasteiger partial charge in [0.2, 0.25) is 0 Å². The average Bonchev–Trinajstić information content (AvgIpc) is 3.02. The fourth-order valence-corrected chi connectivity index (χ4v) is 7.52. The van der Waals surface area contributed by atoms with Crippen LogP contribution in [0.2, 0.25) is 0 Å². The van der Waals surface area contributed by atoms with Gasteiger partial charge < -0.3 is 4.74 Å². The maximum absolute atomic E-state index is 14.0. The second-order valence-corrected chi connectivity index (χ2v) is 11.6. The summed E-state index contributed by atoms with van der Waals surface area (Å²) < 4.78 is 36.2. The van der Waals surface area contributed by atoms with Crippen molar-refractivity contribution in [2.75, 3.05) is 4.31 Å². The van der Waals surface area contributed by atoms with Crippen molar-refractivity contribution in [3.05, 3.63) is 60.7 Å². The zero-order valence-corrected chi connectivity index (χ0v) is 19.4. The summed E-state index contributed by atoms with van der Waals surface area (Å²) in [5.41, 5.74) is 0.609. The Bertz CT molecular complexity index is 988. The molecular weight excluding hydrogens is 394 g/mol. The lowest BCUT2D eigenvalue weighted by Crippen LogP contribution is -2.53. The number of benzene rings is 2. The van der Waals surface area contributed by atoms with E-state index in [-0.39, 0.29) is 35.0 Å². The van der Waals surface area contributed by atoms with Gasteiger partial charge in [-0.1, -0.05) is 57.2 Å². The van der Waals surface area contributed by atoms with Gasteiger partial charge in [-0.2, -0.15) is 0 Å². The molecule has 2 bridgehead atoms. The van der Waals surface area contributed by atoms with E-state index < -0.39 is 10.0 Å². The van der Waals surface area contributed by atoms with Gasteiger partial charge in [0, 0.05) is 5.41 Å². The number of para-hydroxylation sites is 1. The zero-order valence-electron chi connectivity index (χ0n) is 18.6. The van der Waals surface area contributed by atoms with Crippen LogP contribution in [0.4, 0.5) is 5.69 Å². The summed E-state index contributed by atoms with van der Waals surface area (Å²) >= 11 is 0. The number of anilines is 1. The van der Waals surface area contributed by atoms with E-state index in [1.54, 1.807) is 28.6 Å². The molecule has 0 aromatic heterocycles. The summed E-state index contributed by atoms with van der Waals surface area (Å²) in [4.78, 5) is 0.322. The molecule has 4 atom stereocenters. The third-order valence-corrected chi connectivity index (χ3v) is 9.56. The Kier molecular flexibility index (Phi) is 5.26. The van der Waals surface area contributed by atoms with Crippen LogP contribution in [0.25, 0.3) is 0 Å². The van der Waals surface area contributed by atoms with Crippen LogP contribution >= 0.6 is 0 Å². The summed E-state index contributed by atoms with van der Waals surface area (Å²) in [6.45, 7) is 11.0. The summed E-state index contributed by atoms with van der Waals surface area (Å²) in [6, 6.07) is 18.1. The quantitative estimate of drug-likeness (QED) is 0.611. The first-order chi connectivity index (χ1) is 14.1. The van der Waals surface area contributed by atoms with Crippen LogP contribution in [0.3, 0.4) is 0 Å². The SMILES string of the molecule is CC(C)OC1C(N(c2ccccc2)S(=O)(=O)c2ccccc2)C2CCC1(C)C2(C)C. The molecule has 0 radical (unpaired) electrons. The molecule has 2 aromatic carbocycles. The monoisotopic (exact) mass is 427 g/mol. The van der Waals surface area contributed by atoms with Crippen LogP contribution in [0.1, 0.15) is 47.5 Å². The third-order valence-electron chi connectivity index (χ3n) is 7.72. The first-order valence-electron chi connectivity index (χ1n) is 10.9. The van der Waals surface area contributed by atoms with E-state index in [1.165, 1.54) is 0 Å². The maximum Gasteiger partial charge on any atom is 0.264 e. The molecule has 30 heavy (non-hydrogen) atoms. The predicted octanol–water partition coefficient (Wildman–Crippen LogP) is 5.50. The molecule has 0 spiro atoms. The van der Waals surface area contributed by atoms with Gasteiger partial charge in [0.15, 0.2) is 0 Å². The minimum absolute atomic E-state index is 0.0174. The predicted molar refractivity (Wildman–Crippen MR) is 121 cm³/mol. The first kappa shape index (κ1) is 21.4. The van der Waals surface area contributed by atoms with Gasteiger partial charge in [-0.25, -0.2) is 8.42 Å². The Labute approximate surface area is 181 Å². The van der Waals surface area contributed by atoms with Gasteiger partial charge in [0.05, 0.1) is 28.8 Å². The highest BCUT2D eigenvalue weighted by Crippen LogP contribution is 2.68. The Morgan fingerprint density at radius 1 is 0.967 bits per heavy atom. The molecule has 2 fully saturated rings. The lowest BCUT2D eigenvalue weighted by Gasteiger charge is -2.44. The van der Waals surface area contributed by atoms with E-state index in [1.807, 2.05) is 50.2 Å². The van der Waals surface area contributed by atoms with Crippen LogP contribution in [-0.2, 0) is 14.8 Å². The summed E-state index contributed by atoms with van der Waals surface area (Å²) in [7, 11) is -3.75. The number of sulfonamides is 1. The van der Waals surface area contributed by atoms with Gasteiger partial charge in [-0.05, 0) is 62.3 Å². The van der Waals surface area contributed by atoms with Crippen molar-refractivity contribution in [3.8, 4) is 0 Å². The maximum atomic E-state index is 14.0. The second kappa shape index (κ2) is 7.38. The molecule has 0 saturated heterocycles. The molecule has 5 heteroatoms. The van der Waals surface area contributed by atoms with E-state index in [2.05, 4.69) is 20.8 Å². The van der Waals surface area contributed by atoms with Gasteiger partial charge in [-0.15, -0.1) is 0 Å². The van der Waals surface area contributed by atoms with Gasteiger partial charge in [0.1, 0.15) is 0 Å². The lowest BCUT2D eigenvalue weighted by atomic mass is 9.70. The molecule has 0 heterocycles. The third kappa shape index (κ3) is 3.09. The van der Waals surface area contributed by atoms with Crippen molar-refractivity contribution in [1.82, 2.24) is 0 Å². The smallest absolute Gasteiger partial charge is 0.264 e. The molecule has 4 unspecified atom stereocenters. The van der Waals surface area contributed by atoms with Gasteiger partial charge in [0.25, 0.3) is 10.0 Å². The molecule has 0 aliphatic heterocycles. The van der Waals surface area contributed by atoms with Crippen LogP contribution in [0.15, 0.2) is 65.6 Å². The molecule has 2 saturated carbocycles. The number of fused-ring (bicyclic) bond motifs is 2. The molecule has 2 aliphatic carbocycles. The lowest BCUT2D eigenvalue weighted by molar-refractivity contribution is -0.0796. The average molecular weight is 428 g/mol. The molecule has 162 valence electrons. The highest BCUT2D eigenvalue weighted by Gasteiger charge is 2.69. The Balaban J connectivity index is 1.91. The second-order valence-electron chi connectivity index (χ2n) is 9.83. The number of ether oxygens (including phenoxy) is 1.